The predicted octanol–water partition coefficient (Wildman–Crippen LogP) is 3.59. The Morgan fingerprint density at radius 1 is 1.25 bits per heavy atom. The van der Waals surface area contributed by atoms with E-state index < -0.39 is 0 Å². The molecule has 3 rings (SSSR count). The summed E-state index contributed by atoms with van der Waals surface area (Å²) >= 11 is 1.65. The molecule has 6 heteroatoms. The monoisotopic (exact) mass is 346 g/mol. The Balaban J connectivity index is 2.07. The molecule has 0 unspecified atom stereocenters. The topological polar surface area (TPSA) is 43.8 Å². The second-order valence-electron chi connectivity index (χ2n) is 6.24. The van der Waals surface area contributed by atoms with Gasteiger partial charge in [0.25, 0.3) is 0 Å². The fraction of sp³-hybridized carbons (Fsp3) is 0.556. The number of nitrogens with zero attached hydrogens (tertiary/aromatic N) is 4. The maximum absolute atomic E-state index is 5.24. The molecule has 1 saturated carbocycles. The van der Waals surface area contributed by atoms with Gasteiger partial charge < -0.3 is 9.30 Å². The second-order valence-corrected chi connectivity index (χ2v) is 7.08. The van der Waals surface area contributed by atoms with Crippen molar-refractivity contribution >= 4 is 17.0 Å². The van der Waals surface area contributed by atoms with Crippen molar-refractivity contribution in [3.05, 3.63) is 27.6 Å². The molecule has 24 heavy (non-hydrogen) atoms. The normalized spacial score (nSPS) is 15.5. The lowest BCUT2D eigenvalue weighted by atomic mass is 10.2. The average molecular weight is 347 g/mol. The Hall–Kier alpha value is -1.66. The maximum atomic E-state index is 5.24. The number of methoxy groups -OCH3 is 1. The third-order valence-electron chi connectivity index (χ3n) is 4.67. The van der Waals surface area contributed by atoms with Crippen LogP contribution in [0.1, 0.15) is 37.1 Å². The van der Waals surface area contributed by atoms with Gasteiger partial charge in [0.05, 0.1) is 12.3 Å². The van der Waals surface area contributed by atoms with E-state index in [2.05, 4.69) is 34.9 Å². The SMILES string of the molecule is CN=c1scc(-c2cc(C)n(CCOC)c2C)n1N=C1CCCC1. The fourth-order valence-corrected chi connectivity index (χ4v) is 4.13. The van der Waals surface area contributed by atoms with Crippen molar-refractivity contribution in [3.63, 3.8) is 0 Å². The largest absolute Gasteiger partial charge is 0.383 e. The summed E-state index contributed by atoms with van der Waals surface area (Å²) in [6.45, 7) is 5.91. The first-order chi connectivity index (χ1) is 11.7. The van der Waals surface area contributed by atoms with Crippen molar-refractivity contribution < 1.29 is 4.74 Å². The van der Waals surface area contributed by atoms with Gasteiger partial charge in [-0.15, -0.1) is 11.3 Å². The van der Waals surface area contributed by atoms with Crippen LogP contribution in [0.15, 0.2) is 21.5 Å². The van der Waals surface area contributed by atoms with Crippen LogP contribution in [0.5, 0.6) is 0 Å². The zero-order chi connectivity index (χ0) is 17.1. The molecule has 130 valence electrons. The first-order valence-electron chi connectivity index (χ1n) is 8.51. The third-order valence-corrected chi connectivity index (χ3v) is 5.57. The minimum absolute atomic E-state index is 0.720. The van der Waals surface area contributed by atoms with Crippen LogP contribution >= 0.6 is 11.3 Å². The molecule has 0 aromatic carbocycles. The Morgan fingerprint density at radius 2 is 2.00 bits per heavy atom. The molecule has 1 fully saturated rings. The highest BCUT2D eigenvalue weighted by molar-refractivity contribution is 7.07. The van der Waals surface area contributed by atoms with Gasteiger partial charge in [0, 0.05) is 48.7 Å². The van der Waals surface area contributed by atoms with Gasteiger partial charge in [-0.25, -0.2) is 4.68 Å². The van der Waals surface area contributed by atoms with E-state index in [1.807, 2.05) is 11.7 Å². The highest BCUT2D eigenvalue weighted by Crippen LogP contribution is 2.28. The summed E-state index contributed by atoms with van der Waals surface area (Å²) in [5.74, 6) is 0. The van der Waals surface area contributed by atoms with Gasteiger partial charge in [0.2, 0.25) is 4.80 Å². The molecule has 5 nitrogen and oxygen atoms in total. The first kappa shape index (κ1) is 17.2. The van der Waals surface area contributed by atoms with Gasteiger partial charge in [-0.3, -0.25) is 4.99 Å². The molecule has 0 aliphatic heterocycles. The summed E-state index contributed by atoms with van der Waals surface area (Å²) < 4.78 is 9.59. The quantitative estimate of drug-likeness (QED) is 0.816. The van der Waals surface area contributed by atoms with Crippen LogP contribution in [0.3, 0.4) is 0 Å². The molecule has 2 heterocycles. The number of thiazole rings is 1. The highest BCUT2D eigenvalue weighted by atomic mass is 32.1. The van der Waals surface area contributed by atoms with E-state index in [4.69, 9.17) is 9.84 Å². The van der Waals surface area contributed by atoms with Gasteiger partial charge >= 0.3 is 0 Å². The number of hydrogen-bond acceptors (Lipinski definition) is 4. The zero-order valence-electron chi connectivity index (χ0n) is 15.0. The Morgan fingerprint density at radius 3 is 2.67 bits per heavy atom. The van der Waals surface area contributed by atoms with Crippen molar-refractivity contribution in [1.82, 2.24) is 9.24 Å². The molecule has 1 aliphatic rings. The number of ether oxygens (including phenoxy) is 1. The molecular weight excluding hydrogens is 320 g/mol. The summed E-state index contributed by atoms with van der Waals surface area (Å²) in [4.78, 5) is 5.36. The fourth-order valence-electron chi connectivity index (χ4n) is 3.34. The zero-order valence-corrected chi connectivity index (χ0v) is 15.8. The Labute approximate surface area is 147 Å². The molecule has 0 N–H and O–H groups in total. The van der Waals surface area contributed by atoms with Crippen LogP contribution in [0, 0.1) is 13.8 Å². The van der Waals surface area contributed by atoms with E-state index in [0.717, 1.165) is 36.5 Å². The molecule has 1 aliphatic carbocycles. The van der Waals surface area contributed by atoms with E-state index >= 15 is 0 Å². The molecule has 0 radical (unpaired) electrons. The molecule has 0 atom stereocenters. The summed E-state index contributed by atoms with van der Waals surface area (Å²) in [5.41, 5.74) is 6.16. The minimum atomic E-state index is 0.720. The smallest absolute Gasteiger partial charge is 0.205 e. The van der Waals surface area contributed by atoms with Crippen LogP contribution in [0.25, 0.3) is 11.3 Å². The third kappa shape index (κ3) is 3.26. The lowest BCUT2D eigenvalue weighted by Gasteiger charge is -2.09. The average Bonchev–Trinajstić information content (AvgIpc) is 3.28. The number of aromatic nitrogens is 2. The summed E-state index contributed by atoms with van der Waals surface area (Å²) in [5, 5.41) is 7.09. The standard InChI is InChI=1S/C18H26N4OS/c1-13-11-16(14(2)21(13)9-10-23-4)17-12-24-18(19-3)22(17)20-15-7-5-6-8-15/h11-12H,5-10H2,1-4H3. The maximum Gasteiger partial charge on any atom is 0.205 e. The molecular formula is C18H26N4OS. The molecule has 0 spiro atoms. The van der Waals surface area contributed by atoms with Crippen molar-refractivity contribution in [3.8, 4) is 11.3 Å². The van der Waals surface area contributed by atoms with Gasteiger partial charge in [0.15, 0.2) is 0 Å². The molecule has 0 amide bonds. The first-order valence-corrected chi connectivity index (χ1v) is 9.39. The van der Waals surface area contributed by atoms with E-state index in [1.165, 1.54) is 35.5 Å². The molecule has 0 bridgehead atoms. The number of aryl methyl sites for hydroxylation is 1. The van der Waals surface area contributed by atoms with E-state index in [9.17, 15) is 0 Å². The summed E-state index contributed by atoms with van der Waals surface area (Å²) in [6, 6.07) is 2.25. The van der Waals surface area contributed by atoms with Gasteiger partial charge in [-0.1, -0.05) is 0 Å². The van der Waals surface area contributed by atoms with Crippen molar-refractivity contribution in [1.29, 1.82) is 0 Å². The number of rotatable bonds is 5. The lowest BCUT2D eigenvalue weighted by molar-refractivity contribution is 0.186. The van der Waals surface area contributed by atoms with Gasteiger partial charge in [-0.2, -0.15) is 5.10 Å². The Kier molecular flexibility index (Phi) is 5.36. The van der Waals surface area contributed by atoms with Crippen LogP contribution < -0.4 is 4.80 Å². The van der Waals surface area contributed by atoms with E-state index in [0.29, 0.717) is 0 Å². The highest BCUT2D eigenvalue weighted by Gasteiger charge is 2.17. The van der Waals surface area contributed by atoms with Gasteiger partial charge in [0.1, 0.15) is 0 Å². The van der Waals surface area contributed by atoms with E-state index in [1.54, 1.807) is 18.4 Å². The number of hydrogen-bond donors (Lipinski definition) is 0. The molecule has 0 saturated heterocycles. The van der Waals surface area contributed by atoms with Crippen molar-refractivity contribution in [2.45, 2.75) is 46.1 Å². The summed E-state index contributed by atoms with van der Waals surface area (Å²) in [6.07, 6.45) is 4.72. The summed E-state index contributed by atoms with van der Waals surface area (Å²) in [7, 11) is 3.58. The van der Waals surface area contributed by atoms with Crippen LogP contribution in [-0.2, 0) is 11.3 Å². The van der Waals surface area contributed by atoms with Crippen molar-refractivity contribution in [2.24, 2.45) is 10.1 Å². The Bertz CT molecular complexity index is 802. The predicted molar refractivity (Wildman–Crippen MR) is 99.9 cm³/mol. The van der Waals surface area contributed by atoms with Crippen LogP contribution in [0.4, 0.5) is 0 Å². The van der Waals surface area contributed by atoms with Crippen LogP contribution in [-0.4, -0.2) is 35.7 Å². The lowest BCUT2D eigenvalue weighted by Crippen LogP contribution is -2.13. The van der Waals surface area contributed by atoms with E-state index in [-0.39, 0.29) is 0 Å². The molecule has 2 aromatic rings. The minimum Gasteiger partial charge on any atom is -0.383 e. The second kappa shape index (κ2) is 7.49. The van der Waals surface area contributed by atoms with Crippen molar-refractivity contribution in [2.75, 3.05) is 20.8 Å². The van der Waals surface area contributed by atoms with Crippen LogP contribution in [0.2, 0.25) is 0 Å². The van der Waals surface area contributed by atoms with Gasteiger partial charge in [-0.05, 0) is 45.6 Å². The molecule has 2 aromatic heterocycles.